The largest absolute Gasteiger partial charge is 0.467 e. The topological polar surface area (TPSA) is 102 Å². The highest BCUT2D eigenvalue weighted by molar-refractivity contribution is 5.89. The summed E-state index contributed by atoms with van der Waals surface area (Å²) < 4.78 is 12.8. The van der Waals surface area contributed by atoms with Gasteiger partial charge in [0.1, 0.15) is 23.9 Å². The Balaban J connectivity index is 1.48. The number of rotatable bonds is 9. The molecule has 2 aromatic carbocycles. The molecule has 5 rings (SSSR count). The van der Waals surface area contributed by atoms with Crippen molar-refractivity contribution in [2.75, 3.05) is 13.2 Å². The molecule has 0 spiro atoms. The first-order valence-corrected chi connectivity index (χ1v) is 12.1. The highest BCUT2D eigenvalue weighted by Crippen LogP contribution is 2.27. The molecule has 0 aliphatic carbocycles. The number of benzene rings is 2. The van der Waals surface area contributed by atoms with E-state index in [1.807, 2.05) is 55.5 Å². The van der Waals surface area contributed by atoms with E-state index in [4.69, 9.17) is 9.15 Å². The number of aryl methyl sites for hydroxylation is 1. The van der Waals surface area contributed by atoms with E-state index in [0.29, 0.717) is 24.4 Å². The molecule has 9 nitrogen and oxygen atoms in total. The van der Waals surface area contributed by atoms with Crippen LogP contribution in [0.4, 0.5) is 0 Å². The van der Waals surface area contributed by atoms with Crippen molar-refractivity contribution in [1.82, 2.24) is 25.2 Å². The van der Waals surface area contributed by atoms with Crippen molar-refractivity contribution in [2.45, 2.75) is 45.0 Å². The van der Waals surface area contributed by atoms with Crippen LogP contribution in [0.25, 0.3) is 11.0 Å². The molecule has 1 aliphatic heterocycles. The van der Waals surface area contributed by atoms with Crippen LogP contribution in [0.3, 0.4) is 0 Å². The third-order valence-electron chi connectivity index (χ3n) is 6.51. The third kappa shape index (κ3) is 5.16. The number of aromatic nitrogens is 3. The highest BCUT2D eigenvalue weighted by Gasteiger charge is 2.35. The van der Waals surface area contributed by atoms with E-state index < -0.39 is 6.04 Å². The van der Waals surface area contributed by atoms with Gasteiger partial charge in [0, 0.05) is 13.2 Å². The van der Waals surface area contributed by atoms with E-state index in [2.05, 4.69) is 15.6 Å². The summed E-state index contributed by atoms with van der Waals surface area (Å²) in [5.41, 5.74) is 3.16. The zero-order valence-electron chi connectivity index (χ0n) is 20.2. The summed E-state index contributed by atoms with van der Waals surface area (Å²) in [5, 5.41) is 11.3. The van der Waals surface area contributed by atoms with Gasteiger partial charge in [-0.3, -0.25) is 9.59 Å². The molecular weight excluding hydrogens is 458 g/mol. The van der Waals surface area contributed by atoms with Crippen molar-refractivity contribution < 1.29 is 18.7 Å². The minimum atomic E-state index is -0.840. The normalized spacial score (nSPS) is 16.2. The molecule has 2 amide bonds. The zero-order chi connectivity index (χ0) is 24.9. The lowest BCUT2D eigenvalue weighted by Crippen LogP contribution is -2.48. The number of fused-ring (bicyclic) bond motifs is 1. The van der Waals surface area contributed by atoms with Crippen LogP contribution >= 0.6 is 0 Å². The lowest BCUT2D eigenvalue weighted by atomic mass is 9.98. The first-order valence-electron chi connectivity index (χ1n) is 12.1. The Hall–Kier alpha value is -3.98. The predicted molar refractivity (Wildman–Crippen MR) is 133 cm³/mol. The fourth-order valence-electron chi connectivity index (χ4n) is 4.64. The molecule has 1 aliphatic rings. The Bertz CT molecular complexity index is 1330. The molecular formula is C27H29N5O4. The Labute approximate surface area is 209 Å². The number of para-hydroxylation sites is 1. The highest BCUT2D eigenvalue weighted by atomic mass is 16.5. The van der Waals surface area contributed by atoms with Crippen molar-refractivity contribution in [1.29, 1.82) is 0 Å². The summed E-state index contributed by atoms with van der Waals surface area (Å²) in [5.74, 6) is 0.121. The van der Waals surface area contributed by atoms with Gasteiger partial charge in [-0.1, -0.05) is 41.6 Å². The smallest absolute Gasteiger partial charge is 0.247 e. The minimum Gasteiger partial charge on any atom is -0.467 e. The van der Waals surface area contributed by atoms with Gasteiger partial charge in [-0.25, -0.2) is 4.68 Å². The molecule has 1 fully saturated rings. The average molecular weight is 488 g/mol. The van der Waals surface area contributed by atoms with Crippen LogP contribution in [-0.4, -0.2) is 51.0 Å². The van der Waals surface area contributed by atoms with E-state index in [1.54, 1.807) is 28.0 Å². The van der Waals surface area contributed by atoms with Crippen molar-refractivity contribution in [3.63, 3.8) is 0 Å². The number of carbonyl (C=O) groups excluding carboxylic acids is 2. The Morgan fingerprint density at radius 3 is 2.75 bits per heavy atom. The molecule has 36 heavy (non-hydrogen) atoms. The van der Waals surface area contributed by atoms with E-state index in [-0.39, 0.29) is 31.0 Å². The monoisotopic (exact) mass is 487 g/mol. The molecule has 2 aromatic heterocycles. The molecule has 2 atom stereocenters. The van der Waals surface area contributed by atoms with Gasteiger partial charge < -0.3 is 19.4 Å². The van der Waals surface area contributed by atoms with Gasteiger partial charge in [0.2, 0.25) is 11.8 Å². The summed E-state index contributed by atoms with van der Waals surface area (Å²) in [6.07, 6.45) is 3.20. The lowest BCUT2D eigenvalue weighted by Gasteiger charge is -2.33. The molecule has 0 saturated carbocycles. The van der Waals surface area contributed by atoms with Crippen LogP contribution in [0.1, 0.15) is 35.8 Å². The standard InChI is InChI=1S/C27H29N5O4/c1-19-8-2-3-11-22(19)26(27(34)28-16-20-9-6-14-35-20)31(17-21-10-7-15-36-21)25(33)18-32-24-13-5-4-12-23(24)29-30-32/h2-6,8-9,11-14,21,26H,7,10,15-18H2,1H3,(H,28,34)/t21-,26-/m1/s1. The van der Waals surface area contributed by atoms with Crippen LogP contribution in [0.5, 0.6) is 0 Å². The number of amides is 2. The lowest BCUT2D eigenvalue weighted by molar-refractivity contribution is -0.143. The molecule has 4 aromatic rings. The van der Waals surface area contributed by atoms with Crippen molar-refractivity contribution in [3.05, 3.63) is 83.8 Å². The predicted octanol–water partition coefficient (Wildman–Crippen LogP) is 3.40. The molecule has 0 unspecified atom stereocenters. The maximum Gasteiger partial charge on any atom is 0.247 e. The van der Waals surface area contributed by atoms with E-state index in [1.165, 1.54) is 0 Å². The zero-order valence-corrected chi connectivity index (χ0v) is 20.2. The fraction of sp³-hybridized carbons (Fsp3) is 0.333. The van der Waals surface area contributed by atoms with Crippen LogP contribution in [0.2, 0.25) is 0 Å². The molecule has 3 heterocycles. The number of furan rings is 1. The summed E-state index contributed by atoms with van der Waals surface area (Å²) in [6.45, 7) is 3.09. The summed E-state index contributed by atoms with van der Waals surface area (Å²) in [7, 11) is 0. The molecule has 1 saturated heterocycles. The van der Waals surface area contributed by atoms with Crippen LogP contribution < -0.4 is 5.32 Å². The van der Waals surface area contributed by atoms with Gasteiger partial charge in [0.15, 0.2) is 0 Å². The van der Waals surface area contributed by atoms with Crippen LogP contribution in [0.15, 0.2) is 71.3 Å². The fourth-order valence-corrected chi connectivity index (χ4v) is 4.64. The first-order chi connectivity index (χ1) is 17.6. The maximum absolute atomic E-state index is 13.9. The molecule has 0 bridgehead atoms. The second-order valence-corrected chi connectivity index (χ2v) is 8.97. The average Bonchev–Trinajstić information content (AvgIpc) is 3.67. The molecule has 0 radical (unpaired) electrons. The van der Waals surface area contributed by atoms with Gasteiger partial charge in [0.05, 0.1) is 24.4 Å². The van der Waals surface area contributed by atoms with Crippen molar-refractivity contribution in [3.8, 4) is 0 Å². The molecule has 9 heteroatoms. The summed E-state index contributed by atoms with van der Waals surface area (Å²) in [6, 6.07) is 17.9. The SMILES string of the molecule is Cc1ccccc1[C@H](C(=O)NCc1ccco1)N(C[C@H]1CCCO1)C(=O)Cn1nnc2ccccc21. The van der Waals surface area contributed by atoms with Gasteiger partial charge in [-0.15, -0.1) is 5.10 Å². The Morgan fingerprint density at radius 1 is 1.14 bits per heavy atom. The van der Waals surface area contributed by atoms with Gasteiger partial charge >= 0.3 is 0 Å². The third-order valence-corrected chi connectivity index (χ3v) is 6.51. The van der Waals surface area contributed by atoms with Crippen LogP contribution in [0, 0.1) is 6.92 Å². The number of nitrogens with zero attached hydrogens (tertiary/aromatic N) is 4. The van der Waals surface area contributed by atoms with Gasteiger partial charge in [0.25, 0.3) is 0 Å². The van der Waals surface area contributed by atoms with E-state index in [9.17, 15) is 9.59 Å². The Kier molecular flexibility index (Phi) is 7.08. The van der Waals surface area contributed by atoms with E-state index in [0.717, 1.165) is 29.5 Å². The van der Waals surface area contributed by atoms with Gasteiger partial charge in [-0.05, 0) is 55.2 Å². The quantitative estimate of drug-likeness (QED) is 0.388. The molecule has 1 N–H and O–H groups in total. The summed E-state index contributed by atoms with van der Waals surface area (Å²) >= 11 is 0. The second-order valence-electron chi connectivity index (χ2n) is 8.97. The number of ether oxygens (including phenoxy) is 1. The van der Waals surface area contributed by atoms with Crippen molar-refractivity contribution >= 4 is 22.8 Å². The summed E-state index contributed by atoms with van der Waals surface area (Å²) in [4.78, 5) is 29.2. The van der Waals surface area contributed by atoms with E-state index >= 15 is 0 Å². The number of nitrogens with one attached hydrogen (secondary N) is 1. The molecule has 186 valence electrons. The van der Waals surface area contributed by atoms with Crippen LogP contribution in [-0.2, 0) is 27.4 Å². The minimum absolute atomic E-state index is 0.0406. The first kappa shape index (κ1) is 23.7. The maximum atomic E-state index is 13.9. The number of hydrogen-bond donors (Lipinski definition) is 1. The Morgan fingerprint density at radius 2 is 1.97 bits per heavy atom. The number of carbonyl (C=O) groups is 2. The van der Waals surface area contributed by atoms with Gasteiger partial charge in [-0.2, -0.15) is 0 Å². The number of hydrogen-bond acceptors (Lipinski definition) is 6. The second kappa shape index (κ2) is 10.7. The van der Waals surface area contributed by atoms with Crippen molar-refractivity contribution in [2.24, 2.45) is 0 Å².